The number of rotatable bonds is 9. The predicted molar refractivity (Wildman–Crippen MR) is 327 cm³/mol. The van der Waals surface area contributed by atoms with Gasteiger partial charge in [0.1, 0.15) is 11.6 Å². The molecular weight excluding hydrogens is 1010 g/mol. The maximum atomic E-state index is 15.6. The minimum atomic E-state index is -2.32. The number of phenolic OH excluding ortho intramolecular Hbond substituents is 1. The summed E-state index contributed by atoms with van der Waals surface area (Å²) >= 11 is -2.32. The van der Waals surface area contributed by atoms with Crippen LogP contribution < -0.4 is 9.58 Å². The fourth-order valence-corrected chi connectivity index (χ4v) is 14.1. The summed E-state index contributed by atoms with van der Waals surface area (Å²) in [5.41, 5.74) is 15.3. The molecule has 8 heteroatoms. The standard InChI is InChI=1S/C68H73FGeN4OSi/c1-66(2,3)47-36-45(35-46(37-47)64-71-57-32-29-49(69)40-61(57)74(64)58-33-30-50(70(10,11)12)41-53(58)43-23-18-16-19-24-43)52-27-22-28-60-62(52)72-65(55-38-48(67(4,5)6)39-56(63(55)75)68(7,8)9)73(60)59-34-31-51(76(13,14)15)42-54(59)44-25-20-17-21-26-44/h16-42,75H,1-15H3. The van der Waals surface area contributed by atoms with Crippen LogP contribution in [0.2, 0.25) is 36.9 Å². The molecule has 8 aromatic carbocycles. The molecule has 0 aliphatic carbocycles. The van der Waals surface area contributed by atoms with Crippen LogP contribution in [0.5, 0.6) is 5.75 Å². The summed E-state index contributed by atoms with van der Waals surface area (Å²) < 4.78 is 21.5. The van der Waals surface area contributed by atoms with Crippen molar-refractivity contribution >= 4 is 53.0 Å². The van der Waals surface area contributed by atoms with Crippen LogP contribution in [-0.4, -0.2) is 45.5 Å². The Morgan fingerprint density at radius 3 is 1.64 bits per heavy atom. The van der Waals surface area contributed by atoms with Gasteiger partial charge in [-0.05, 0) is 40.2 Å². The number of halogens is 1. The van der Waals surface area contributed by atoms with Crippen molar-refractivity contribution in [1.82, 2.24) is 19.1 Å². The van der Waals surface area contributed by atoms with Gasteiger partial charge in [-0.2, -0.15) is 0 Å². The Kier molecular flexibility index (Phi) is 13.2. The molecule has 0 bridgehead atoms. The quantitative estimate of drug-likeness (QED) is 0.147. The van der Waals surface area contributed by atoms with E-state index in [4.69, 9.17) is 9.97 Å². The van der Waals surface area contributed by atoms with Crippen molar-refractivity contribution in [1.29, 1.82) is 0 Å². The number of phenols is 1. The Labute approximate surface area is 453 Å². The third kappa shape index (κ3) is 9.93. The van der Waals surface area contributed by atoms with Gasteiger partial charge in [0.2, 0.25) is 0 Å². The zero-order valence-corrected chi connectivity index (χ0v) is 50.3. The van der Waals surface area contributed by atoms with Gasteiger partial charge in [0.25, 0.3) is 0 Å². The second kappa shape index (κ2) is 19.0. The van der Waals surface area contributed by atoms with E-state index in [-0.39, 0.29) is 27.8 Å². The van der Waals surface area contributed by atoms with Gasteiger partial charge in [-0.3, -0.25) is 4.57 Å². The molecule has 0 fully saturated rings. The van der Waals surface area contributed by atoms with Crippen LogP contribution in [-0.2, 0) is 16.2 Å². The van der Waals surface area contributed by atoms with E-state index in [0.29, 0.717) is 22.4 Å². The molecule has 0 spiro atoms. The first-order valence-corrected chi connectivity index (χ1v) is 37.7. The van der Waals surface area contributed by atoms with Crippen LogP contribution in [0.15, 0.2) is 164 Å². The Balaban J connectivity index is 1.30. The van der Waals surface area contributed by atoms with Gasteiger partial charge in [-0.25, -0.2) is 0 Å². The van der Waals surface area contributed by atoms with E-state index < -0.39 is 21.3 Å². The van der Waals surface area contributed by atoms with E-state index in [1.165, 1.54) is 15.6 Å². The number of para-hydroxylation sites is 1. The van der Waals surface area contributed by atoms with Crippen molar-refractivity contribution < 1.29 is 9.50 Å². The Morgan fingerprint density at radius 2 is 1.05 bits per heavy atom. The number of imidazole rings is 2. The number of benzene rings is 8. The molecule has 0 unspecified atom stereocenters. The summed E-state index contributed by atoms with van der Waals surface area (Å²) in [7, 11) is -1.77. The van der Waals surface area contributed by atoms with Crippen molar-refractivity contribution in [2.75, 3.05) is 0 Å². The number of hydrogen-bond donors (Lipinski definition) is 1. The average molecular weight is 1080 g/mol. The summed E-state index contributed by atoms with van der Waals surface area (Å²) in [6, 6.07) is 57.6. The molecule has 0 saturated carbocycles. The molecule has 10 rings (SSSR count). The molecule has 386 valence electrons. The van der Waals surface area contributed by atoms with Crippen LogP contribution in [0.3, 0.4) is 0 Å². The summed E-state index contributed by atoms with van der Waals surface area (Å²) in [5.74, 6) is 8.58. The van der Waals surface area contributed by atoms with E-state index in [1.54, 1.807) is 12.1 Å². The van der Waals surface area contributed by atoms with Crippen molar-refractivity contribution in [2.45, 2.75) is 115 Å². The fraction of sp³-hybridized carbons (Fsp3) is 0.265. The molecule has 76 heavy (non-hydrogen) atoms. The monoisotopic (exact) mass is 1080 g/mol. The van der Waals surface area contributed by atoms with E-state index in [1.807, 2.05) is 0 Å². The number of hydrogen-bond acceptors (Lipinski definition) is 3. The molecule has 2 aromatic heterocycles. The Bertz CT molecular complexity index is 3860. The topological polar surface area (TPSA) is 55.9 Å². The summed E-state index contributed by atoms with van der Waals surface area (Å²) in [6.45, 7) is 27.1. The van der Waals surface area contributed by atoms with Crippen LogP contribution in [0.1, 0.15) is 79.0 Å². The van der Waals surface area contributed by atoms with E-state index >= 15 is 4.39 Å². The van der Waals surface area contributed by atoms with Crippen LogP contribution in [0, 0.1) is 5.82 Å². The van der Waals surface area contributed by atoms with Crippen molar-refractivity contribution in [3.8, 4) is 73.3 Å². The second-order valence-electron chi connectivity index (χ2n) is 26.0. The van der Waals surface area contributed by atoms with Gasteiger partial charge in [0, 0.05) is 11.1 Å². The maximum absolute atomic E-state index is 15.6. The second-order valence-corrected chi connectivity index (χ2v) is 41.7. The zero-order chi connectivity index (χ0) is 54.4. The summed E-state index contributed by atoms with van der Waals surface area (Å²) in [6.07, 6.45) is 0. The first-order valence-electron chi connectivity index (χ1n) is 26.8. The van der Waals surface area contributed by atoms with Gasteiger partial charge in [-0.15, -0.1) is 0 Å². The third-order valence-electron chi connectivity index (χ3n) is 15.1. The molecule has 0 aliphatic heterocycles. The predicted octanol–water partition coefficient (Wildman–Crippen LogP) is 17.5. The van der Waals surface area contributed by atoms with Gasteiger partial charge in [0.15, 0.2) is 0 Å². The van der Waals surface area contributed by atoms with Crippen molar-refractivity contribution in [2.24, 2.45) is 0 Å². The first kappa shape index (κ1) is 52.6. The number of fused-ring (bicyclic) bond motifs is 2. The van der Waals surface area contributed by atoms with Gasteiger partial charge in [0.05, 0.1) is 19.3 Å². The molecule has 0 atom stereocenters. The van der Waals surface area contributed by atoms with Gasteiger partial charge in [-0.1, -0.05) is 115 Å². The number of aromatic nitrogens is 4. The molecule has 1 N–H and O–H groups in total. The third-order valence-corrected chi connectivity index (χ3v) is 21.4. The number of nitrogens with zero attached hydrogens (tertiary/aromatic N) is 4. The molecule has 0 saturated heterocycles. The molecule has 5 nitrogen and oxygen atoms in total. The van der Waals surface area contributed by atoms with Crippen molar-refractivity contribution in [3.05, 3.63) is 186 Å². The van der Waals surface area contributed by atoms with E-state index in [0.717, 1.165) is 83.9 Å². The summed E-state index contributed by atoms with van der Waals surface area (Å²) in [4.78, 5) is 11.2. The normalized spacial score (nSPS) is 12.8. The molecular formula is C68H73FGeN4OSi. The van der Waals surface area contributed by atoms with Crippen molar-refractivity contribution in [3.63, 3.8) is 0 Å². The van der Waals surface area contributed by atoms with E-state index in [9.17, 15) is 5.11 Å². The molecule has 2 heterocycles. The van der Waals surface area contributed by atoms with Crippen LogP contribution in [0.25, 0.3) is 89.6 Å². The fourth-order valence-electron chi connectivity index (χ4n) is 10.5. The molecule has 0 radical (unpaired) electrons. The first-order chi connectivity index (χ1) is 35.7. The summed E-state index contributed by atoms with van der Waals surface area (Å²) in [5, 5.41) is 14.1. The van der Waals surface area contributed by atoms with Crippen LogP contribution >= 0.6 is 0 Å². The van der Waals surface area contributed by atoms with E-state index in [2.05, 4.69) is 254 Å². The molecule has 10 aromatic rings. The van der Waals surface area contributed by atoms with Gasteiger partial charge >= 0.3 is 250 Å². The molecule has 0 amide bonds. The number of aromatic hydroxyl groups is 1. The SMILES string of the molecule is CC(C)(C)c1cc(-c2cccc3c2nc(-c2cc(C(C)(C)C)cc(C(C)(C)C)c2O)n3-c2ccc([Si](C)(C)C)cc2-c2ccccc2)cc(-c2nc3ccc(F)cc3n2-c2cc[c]([Ge]([CH3])([CH3])[CH3])cc2-c2ccccc2)c1. The zero-order valence-electron chi connectivity index (χ0n) is 47.2. The van der Waals surface area contributed by atoms with Crippen LogP contribution in [0.4, 0.5) is 4.39 Å². The minimum absolute atomic E-state index is 0.219. The average Bonchev–Trinajstić information content (AvgIpc) is 3.97. The molecule has 0 aliphatic rings. The Hall–Kier alpha value is -6.81. The van der Waals surface area contributed by atoms with Gasteiger partial charge < -0.3 is 5.11 Å². The Morgan fingerprint density at radius 1 is 0.474 bits per heavy atom.